The zero-order chi connectivity index (χ0) is 14.8. The van der Waals surface area contributed by atoms with Crippen molar-refractivity contribution in [1.29, 1.82) is 0 Å². The summed E-state index contributed by atoms with van der Waals surface area (Å²) in [5.41, 5.74) is 4.59. The fraction of sp³-hybridized carbons (Fsp3) is 0.222. The van der Waals surface area contributed by atoms with Crippen LogP contribution in [0.5, 0.6) is 0 Å². The predicted molar refractivity (Wildman–Crippen MR) is 98.1 cm³/mol. The number of nitrogens with zero attached hydrogens (tertiary/aromatic N) is 2. The number of hydrogen-bond acceptors (Lipinski definition) is 4. The van der Waals surface area contributed by atoms with Gasteiger partial charge in [0.05, 0.1) is 21.9 Å². The molecule has 2 heterocycles. The van der Waals surface area contributed by atoms with E-state index in [2.05, 4.69) is 65.7 Å². The van der Waals surface area contributed by atoms with E-state index in [9.17, 15) is 0 Å². The maximum Gasteiger partial charge on any atom is 0.108 e. The molecule has 0 amide bonds. The molecule has 0 saturated carbocycles. The van der Waals surface area contributed by atoms with Crippen molar-refractivity contribution in [3.8, 4) is 0 Å². The zero-order valence-corrected chi connectivity index (χ0v) is 13.6. The molecule has 2 nitrogen and oxygen atoms in total. The van der Waals surface area contributed by atoms with Crippen LogP contribution in [0.2, 0.25) is 0 Å². The van der Waals surface area contributed by atoms with E-state index >= 15 is 0 Å². The van der Waals surface area contributed by atoms with Crippen molar-refractivity contribution in [3.05, 3.63) is 71.8 Å². The molecule has 0 saturated heterocycles. The van der Waals surface area contributed by atoms with Gasteiger partial charge in [0, 0.05) is 5.75 Å². The number of thioether (sulfide) groups is 2. The highest BCUT2D eigenvalue weighted by atomic mass is 32.2. The van der Waals surface area contributed by atoms with Crippen molar-refractivity contribution < 1.29 is 0 Å². The van der Waals surface area contributed by atoms with Gasteiger partial charge in [0.1, 0.15) is 6.04 Å². The summed E-state index contributed by atoms with van der Waals surface area (Å²) in [6, 6.07) is 21.8. The Bertz CT molecular complexity index is 698. The van der Waals surface area contributed by atoms with Crippen LogP contribution in [0.4, 0.5) is 0 Å². The lowest BCUT2D eigenvalue weighted by Crippen LogP contribution is -2.13. The summed E-state index contributed by atoms with van der Waals surface area (Å²) in [6.07, 6.45) is 0. The summed E-state index contributed by atoms with van der Waals surface area (Å²) in [5.74, 6) is 1.02. The molecule has 2 aliphatic heterocycles. The number of benzene rings is 2. The molecule has 2 aromatic carbocycles. The Balaban J connectivity index is 1.70. The van der Waals surface area contributed by atoms with Gasteiger partial charge in [-0.25, -0.2) is 0 Å². The third-order valence-electron chi connectivity index (χ3n) is 3.92. The van der Waals surface area contributed by atoms with Crippen LogP contribution in [0.15, 0.2) is 70.6 Å². The lowest BCUT2D eigenvalue weighted by Gasteiger charge is -2.18. The van der Waals surface area contributed by atoms with E-state index in [1.807, 2.05) is 17.3 Å². The Labute approximate surface area is 139 Å². The molecular formula is C18H16N2S2. The van der Waals surface area contributed by atoms with Gasteiger partial charge in [-0.15, -0.1) is 11.8 Å². The molecule has 0 fully saturated rings. The van der Waals surface area contributed by atoms with E-state index in [-0.39, 0.29) is 12.1 Å². The van der Waals surface area contributed by atoms with Crippen LogP contribution in [0.1, 0.15) is 22.4 Å². The molecule has 4 rings (SSSR count). The van der Waals surface area contributed by atoms with Crippen molar-refractivity contribution in [3.63, 3.8) is 0 Å². The van der Waals surface area contributed by atoms with Crippen molar-refractivity contribution >= 4 is 34.1 Å². The van der Waals surface area contributed by atoms with Crippen LogP contribution in [0, 0.1) is 0 Å². The summed E-state index contributed by atoms with van der Waals surface area (Å²) in [6.45, 7) is 0. The minimum absolute atomic E-state index is 0.185. The van der Waals surface area contributed by atoms with E-state index in [4.69, 9.17) is 4.99 Å². The minimum atomic E-state index is 0.185. The highest BCUT2D eigenvalue weighted by molar-refractivity contribution is 8.15. The Morgan fingerprint density at radius 2 is 1.55 bits per heavy atom. The summed E-state index contributed by atoms with van der Waals surface area (Å²) in [7, 11) is 0. The van der Waals surface area contributed by atoms with Gasteiger partial charge in [-0.2, -0.15) is 0 Å². The van der Waals surface area contributed by atoms with Crippen molar-refractivity contribution in [2.45, 2.75) is 17.3 Å². The fourth-order valence-electron chi connectivity index (χ4n) is 2.82. The average Bonchev–Trinajstić information content (AvgIpc) is 3.26. The van der Waals surface area contributed by atoms with E-state index in [0.29, 0.717) is 5.25 Å². The lowest BCUT2D eigenvalue weighted by molar-refractivity contribution is 0.721. The SMILES string of the molecule is C1=NC(C2=NC(c3ccccc3)C(c3ccccc3)S2)CS1. The van der Waals surface area contributed by atoms with Crippen LogP contribution in [-0.2, 0) is 0 Å². The third kappa shape index (κ3) is 2.73. The summed E-state index contributed by atoms with van der Waals surface area (Å²) < 4.78 is 0. The first-order chi connectivity index (χ1) is 10.9. The second-order valence-corrected chi connectivity index (χ2v) is 7.41. The highest BCUT2D eigenvalue weighted by Crippen LogP contribution is 2.49. The van der Waals surface area contributed by atoms with Crippen LogP contribution >= 0.6 is 23.5 Å². The summed E-state index contributed by atoms with van der Waals surface area (Å²) in [4.78, 5) is 9.61. The maximum absolute atomic E-state index is 5.05. The maximum atomic E-state index is 5.05. The first kappa shape index (κ1) is 14.1. The van der Waals surface area contributed by atoms with E-state index in [0.717, 1.165) is 5.75 Å². The van der Waals surface area contributed by atoms with Gasteiger partial charge < -0.3 is 0 Å². The smallest absolute Gasteiger partial charge is 0.108 e. The lowest BCUT2D eigenvalue weighted by atomic mass is 9.99. The summed E-state index contributed by atoms with van der Waals surface area (Å²) in [5, 5.41) is 1.53. The Kier molecular flexibility index (Phi) is 4.04. The van der Waals surface area contributed by atoms with Gasteiger partial charge in [0.25, 0.3) is 0 Å². The molecule has 4 heteroatoms. The zero-order valence-electron chi connectivity index (χ0n) is 12.0. The molecule has 22 heavy (non-hydrogen) atoms. The first-order valence-corrected chi connectivity index (χ1v) is 9.32. The van der Waals surface area contributed by atoms with Gasteiger partial charge >= 0.3 is 0 Å². The molecular weight excluding hydrogens is 308 g/mol. The molecule has 0 spiro atoms. The topological polar surface area (TPSA) is 24.7 Å². The van der Waals surface area contributed by atoms with Crippen molar-refractivity contribution in [2.75, 3.05) is 5.75 Å². The van der Waals surface area contributed by atoms with E-state index < -0.39 is 0 Å². The molecule has 2 aliphatic rings. The third-order valence-corrected chi connectivity index (χ3v) is 6.11. The standard InChI is InChI=1S/C18H16N2S2/c1-3-7-13(8-4-1)16-17(14-9-5-2-6-10-14)22-18(20-16)15-11-21-12-19-15/h1-10,12,15-17H,11H2. The molecule has 0 aromatic heterocycles. The molecule has 3 unspecified atom stereocenters. The fourth-order valence-corrected chi connectivity index (χ4v) is 5.04. The van der Waals surface area contributed by atoms with Crippen molar-refractivity contribution in [1.82, 2.24) is 0 Å². The quantitative estimate of drug-likeness (QED) is 0.813. The molecule has 0 N–H and O–H groups in total. The molecule has 110 valence electrons. The highest BCUT2D eigenvalue weighted by Gasteiger charge is 2.35. The van der Waals surface area contributed by atoms with Crippen LogP contribution in [0.25, 0.3) is 0 Å². The van der Waals surface area contributed by atoms with Gasteiger partial charge in [-0.3, -0.25) is 9.98 Å². The second kappa shape index (κ2) is 6.31. The number of hydrogen-bond donors (Lipinski definition) is 0. The first-order valence-electron chi connectivity index (χ1n) is 7.39. The molecule has 0 radical (unpaired) electrons. The van der Waals surface area contributed by atoms with Crippen LogP contribution in [0.3, 0.4) is 0 Å². The van der Waals surface area contributed by atoms with Gasteiger partial charge in [0.2, 0.25) is 0 Å². The van der Waals surface area contributed by atoms with Gasteiger partial charge in [-0.05, 0) is 11.1 Å². The van der Waals surface area contributed by atoms with E-state index in [1.165, 1.54) is 16.2 Å². The van der Waals surface area contributed by atoms with Gasteiger partial charge in [0.15, 0.2) is 0 Å². The largest absolute Gasteiger partial charge is 0.275 e. The monoisotopic (exact) mass is 324 g/mol. The molecule has 3 atom stereocenters. The molecule has 2 aromatic rings. The van der Waals surface area contributed by atoms with Crippen LogP contribution < -0.4 is 0 Å². The van der Waals surface area contributed by atoms with Gasteiger partial charge in [-0.1, -0.05) is 72.4 Å². The average molecular weight is 324 g/mol. The predicted octanol–water partition coefficient (Wildman–Crippen LogP) is 4.76. The molecule has 0 bridgehead atoms. The number of aliphatic imine (C=N–C) groups is 2. The second-order valence-electron chi connectivity index (χ2n) is 5.38. The van der Waals surface area contributed by atoms with Crippen molar-refractivity contribution in [2.24, 2.45) is 9.98 Å². The molecule has 0 aliphatic carbocycles. The Hall–Kier alpha value is -1.52. The van der Waals surface area contributed by atoms with E-state index in [1.54, 1.807) is 11.8 Å². The summed E-state index contributed by atoms with van der Waals surface area (Å²) >= 11 is 3.66. The minimum Gasteiger partial charge on any atom is -0.275 e. The Morgan fingerprint density at radius 3 is 2.18 bits per heavy atom. The normalized spacial score (nSPS) is 27.1. The Morgan fingerprint density at radius 1 is 0.864 bits per heavy atom. The van der Waals surface area contributed by atoms with Crippen LogP contribution in [-0.4, -0.2) is 22.4 Å². The number of rotatable bonds is 3.